The summed E-state index contributed by atoms with van der Waals surface area (Å²) >= 11 is 0. The molecule has 1 fully saturated rings. The topological polar surface area (TPSA) is 87.7 Å². The van der Waals surface area contributed by atoms with Crippen molar-refractivity contribution < 1.29 is 19.1 Å². The van der Waals surface area contributed by atoms with Crippen molar-refractivity contribution in [1.29, 1.82) is 0 Å². The smallest absolute Gasteiger partial charge is 0.328 e. The number of likely N-dealkylation sites (N-methyl/N-ethyl adjacent to an activating group) is 1. The van der Waals surface area contributed by atoms with Gasteiger partial charge in [0.05, 0.1) is 12.6 Å². The van der Waals surface area contributed by atoms with Crippen molar-refractivity contribution in [2.24, 2.45) is 11.8 Å². The van der Waals surface area contributed by atoms with Crippen molar-refractivity contribution in [3.8, 4) is 0 Å². The fourth-order valence-corrected chi connectivity index (χ4v) is 3.61. The van der Waals surface area contributed by atoms with Crippen LogP contribution >= 0.6 is 0 Å². The Hall–Kier alpha value is -1.63. The van der Waals surface area contributed by atoms with E-state index >= 15 is 0 Å². The van der Waals surface area contributed by atoms with Gasteiger partial charge in [-0.3, -0.25) is 9.59 Å². The number of carbonyl (C=O) groups is 3. The van der Waals surface area contributed by atoms with Crippen molar-refractivity contribution in [1.82, 2.24) is 15.5 Å². The molecule has 7 heteroatoms. The van der Waals surface area contributed by atoms with Crippen LogP contribution in [0.1, 0.15) is 66.7 Å². The standard InChI is InChI=1S/C21H39N3O4/c1-7-8-12-28-21(27)17-10-9-11-24(17)20(26)16(13-14(2)3)23-19(25)18(22-6)15(4)5/h14-18,22H,7-13H2,1-6H3,(H,23,25)/t16-,17-,18-/m0/s1. The molecule has 0 aliphatic carbocycles. The zero-order chi connectivity index (χ0) is 21.3. The molecule has 0 aromatic rings. The van der Waals surface area contributed by atoms with Gasteiger partial charge in [-0.05, 0) is 44.6 Å². The molecule has 28 heavy (non-hydrogen) atoms. The maximum atomic E-state index is 13.2. The molecule has 0 unspecified atom stereocenters. The van der Waals surface area contributed by atoms with Crippen LogP contribution in [0.5, 0.6) is 0 Å². The van der Waals surface area contributed by atoms with Gasteiger partial charge in [-0.15, -0.1) is 0 Å². The molecule has 1 aliphatic heterocycles. The van der Waals surface area contributed by atoms with Gasteiger partial charge in [0.15, 0.2) is 0 Å². The number of rotatable bonds is 11. The van der Waals surface area contributed by atoms with Crippen LogP contribution in [0.2, 0.25) is 0 Å². The summed E-state index contributed by atoms with van der Waals surface area (Å²) in [4.78, 5) is 39.9. The van der Waals surface area contributed by atoms with Gasteiger partial charge in [0, 0.05) is 6.54 Å². The van der Waals surface area contributed by atoms with Crippen molar-refractivity contribution in [3.63, 3.8) is 0 Å². The van der Waals surface area contributed by atoms with E-state index < -0.39 is 12.1 Å². The van der Waals surface area contributed by atoms with Crippen LogP contribution in [-0.4, -0.2) is 61.0 Å². The first-order valence-electron chi connectivity index (χ1n) is 10.7. The van der Waals surface area contributed by atoms with E-state index in [4.69, 9.17) is 4.74 Å². The molecule has 2 N–H and O–H groups in total. The van der Waals surface area contributed by atoms with Crippen LogP contribution in [0.25, 0.3) is 0 Å². The average molecular weight is 398 g/mol. The zero-order valence-electron chi connectivity index (χ0n) is 18.4. The number of carbonyl (C=O) groups excluding carboxylic acids is 3. The van der Waals surface area contributed by atoms with E-state index in [0.717, 1.165) is 19.3 Å². The molecule has 1 rings (SSSR count). The quantitative estimate of drug-likeness (QED) is 0.412. The van der Waals surface area contributed by atoms with Gasteiger partial charge in [-0.2, -0.15) is 0 Å². The summed E-state index contributed by atoms with van der Waals surface area (Å²) in [7, 11) is 1.74. The minimum Gasteiger partial charge on any atom is -0.464 e. The zero-order valence-corrected chi connectivity index (χ0v) is 18.4. The molecule has 1 saturated heterocycles. The maximum absolute atomic E-state index is 13.2. The lowest BCUT2D eigenvalue weighted by Gasteiger charge is -2.30. The number of nitrogens with zero attached hydrogens (tertiary/aromatic N) is 1. The number of nitrogens with one attached hydrogen (secondary N) is 2. The number of esters is 1. The van der Waals surface area contributed by atoms with Gasteiger partial charge in [0.25, 0.3) is 0 Å². The van der Waals surface area contributed by atoms with Crippen LogP contribution in [0.4, 0.5) is 0 Å². The molecule has 162 valence electrons. The van der Waals surface area contributed by atoms with E-state index in [1.807, 2.05) is 34.6 Å². The van der Waals surface area contributed by atoms with Crippen LogP contribution < -0.4 is 10.6 Å². The number of unbranched alkanes of at least 4 members (excludes halogenated alkanes) is 1. The Morgan fingerprint density at radius 1 is 1.18 bits per heavy atom. The summed E-state index contributed by atoms with van der Waals surface area (Å²) in [6.07, 6.45) is 3.69. The van der Waals surface area contributed by atoms with Gasteiger partial charge in [0.2, 0.25) is 11.8 Å². The normalized spacial score (nSPS) is 19.0. The lowest BCUT2D eigenvalue weighted by molar-refractivity contribution is -0.154. The monoisotopic (exact) mass is 397 g/mol. The average Bonchev–Trinajstić information content (AvgIpc) is 3.10. The van der Waals surface area contributed by atoms with Gasteiger partial charge in [-0.25, -0.2) is 4.79 Å². The molecule has 0 aromatic carbocycles. The first-order chi connectivity index (χ1) is 13.2. The van der Waals surface area contributed by atoms with Gasteiger partial charge in [0.1, 0.15) is 12.1 Å². The predicted molar refractivity (Wildman–Crippen MR) is 110 cm³/mol. The highest BCUT2D eigenvalue weighted by Gasteiger charge is 2.39. The predicted octanol–water partition coefficient (Wildman–Crippen LogP) is 2.10. The minimum absolute atomic E-state index is 0.105. The highest BCUT2D eigenvalue weighted by molar-refractivity contribution is 5.92. The van der Waals surface area contributed by atoms with Crippen LogP contribution in [0.3, 0.4) is 0 Å². The van der Waals surface area contributed by atoms with E-state index in [2.05, 4.69) is 10.6 Å². The van der Waals surface area contributed by atoms with E-state index in [0.29, 0.717) is 26.0 Å². The van der Waals surface area contributed by atoms with Crippen molar-refractivity contribution in [2.45, 2.75) is 84.8 Å². The van der Waals surface area contributed by atoms with E-state index in [-0.39, 0.29) is 35.7 Å². The Kier molecular flexibility index (Phi) is 10.5. The number of likely N-dealkylation sites (tertiary alicyclic amines) is 1. The number of amides is 2. The fraction of sp³-hybridized carbons (Fsp3) is 0.857. The molecule has 3 atom stereocenters. The van der Waals surface area contributed by atoms with E-state index in [1.54, 1.807) is 11.9 Å². The third-order valence-electron chi connectivity index (χ3n) is 5.13. The molecule has 0 radical (unpaired) electrons. The number of hydrogen-bond donors (Lipinski definition) is 2. The fourth-order valence-electron chi connectivity index (χ4n) is 3.61. The van der Waals surface area contributed by atoms with Crippen LogP contribution in [0.15, 0.2) is 0 Å². The van der Waals surface area contributed by atoms with E-state index in [9.17, 15) is 14.4 Å². The second kappa shape index (κ2) is 12.0. The van der Waals surface area contributed by atoms with Crippen LogP contribution in [-0.2, 0) is 19.1 Å². The Morgan fingerprint density at radius 3 is 2.39 bits per heavy atom. The maximum Gasteiger partial charge on any atom is 0.328 e. The molecular formula is C21H39N3O4. The van der Waals surface area contributed by atoms with Crippen molar-refractivity contribution >= 4 is 17.8 Å². The van der Waals surface area contributed by atoms with Gasteiger partial charge < -0.3 is 20.3 Å². The number of hydrogen-bond acceptors (Lipinski definition) is 5. The number of ether oxygens (including phenoxy) is 1. The Balaban J connectivity index is 2.87. The first-order valence-corrected chi connectivity index (χ1v) is 10.7. The van der Waals surface area contributed by atoms with Gasteiger partial charge in [-0.1, -0.05) is 41.0 Å². The summed E-state index contributed by atoms with van der Waals surface area (Å²) in [5.41, 5.74) is 0. The van der Waals surface area contributed by atoms with Crippen molar-refractivity contribution in [2.75, 3.05) is 20.2 Å². The highest BCUT2D eigenvalue weighted by atomic mass is 16.5. The van der Waals surface area contributed by atoms with E-state index in [1.165, 1.54) is 0 Å². The Morgan fingerprint density at radius 2 is 1.86 bits per heavy atom. The molecule has 1 heterocycles. The molecule has 7 nitrogen and oxygen atoms in total. The molecule has 1 aliphatic rings. The first kappa shape index (κ1) is 24.4. The minimum atomic E-state index is -0.633. The van der Waals surface area contributed by atoms with Crippen LogP contribution in [0, 0.1) is 11.8 Å². The third-order valence-corrected chi connectivity index (χ3v) is 5.13. The van der Waals surface area contributed by atoms with Gasteiger partial charge >= 0.3 is 5.97 Å². The lowest BCUT2D eigenvalue weighted by Crippen LogP contribution is -2.56. The lowest BCUT2D eigenvalue weighted by atomic mass is 9.99. The van der Waals surface area contributed by atoms with Crippen molar-refractivity contribution in [3.05, 3.63) is 0 Å². The summed E-state index contributed by atoms with van der Waals surface area (Å²) in [6, 6.07) is -1.54. The second-order valence-corrected chi connectivity index (χ2v) is 8.41. The third kappa shape index (κ3) is 7.08. The molecule has 0 saturated carbocycles. The summed E-state index contributed by atoms with van der Waals surface area (Å²) in [6.45, 7) is 10.9. The molecule has 0 aromatic heterocycles. The highest BCUT2D eigenvalue weighted by Crippen LogP contribution is 2.21. The Bertz CT molecular complexity index is 522. The second-order valence-electron chi connectivity index (χ2n) is 8.41. The molecule has 2 amide bonds. The summed E-state index contributed by atoms with van der Waals surface area (Å²) in [5.74, 6) is -0.357. The Labute approximate surface area is 169 Å². The molecular weight excluding hydrogens is 358 g/mol. The summed E-state index contributed by atoms with van der Waals surface area (Å²) in [5, 5.41) is 5.94. The molecule has 0 spiro atoms. The SMILES string of the molecule is CCCCOC(=O)[C@@H]1CCCN1C(=O)[C@H](CC(C)C)NC(=O)[C@@H](NC)C(C)C. The summed E-state index contributed by atoms with van der Waals surface area (Å²) < 4.78 is 5.35. The molecule has 0 bridgehead atoms. The largest absolute Gasteiger partial charge is 0.464 e.